The molecule has 2 heterocycles. The van der Waals surface area contributed by atoms with Gasteiger partial charge in [-0.2, -0.15) is 23.3 Å². The van der Waals surface area contributed by atoms with Gasteiger partial charge in [0.1, 0.15) is 0 Å². The van der Waals surface area contributed by atoms with E-state index < -0.39 is 12.1 Å². The fourth-order valence-corrected chi connectivity index (χ4v) is 2.88. The topological polar surface area (TPSA) is 85.8 Å². The maximum atomic E-state index is 12.6. The van der Waals surface area contributed by atoms with Gasteiger partial charge in [0.25, 0.3) is 5.91 Å². The number of nitrogens with zero attached hydrogens (tertiary/aromatic N) is 4. The van der Waals surface area contributed by atoms with Crippen molar-refractivity contribution in [3.63, 3.8) is 0 Å². The molecule has 2 aromatic carbocycles. The number of alkyl halides is 3. The van der Waals surface area contributed by atoms with Crippen LogP contribution in [-0.2, 0) is 12.6 Å². The lowest BCUT2D eigenvalue weighted by Gasteiger charge is -2.05. The van der Waals surface area contributed by atoms with Crippen molar-refractivity contribution in [2.45, 2.75) is 12.6 Å². The molecule has 1 N–H and O–H groups in total. The highest BCUT2D eigenvalue weighted by molar-refractivity contribution is 5.95. The molecule has 10 heteroatoms. The zero-order chi connectivity index (χ0) is 21.8. The number of hydrogen-bond donors (Lipinski definition) is 1. The van der Waals surface area contributed by atoms with Crippen LogP contribution in [0.1, 0.15) is 21.9 Å². The van der Waals surface area contributed by atoms with Gasteiger partial charge >= 0.3 is 12.1 Å². The molecule has 0 radical (unpaired) electrons. The standard InChI is InChI=1S/C21H16F3N5O2/c22-21(23,24)20-26-18(28-31-20)14-5-4-6-15(13-14)19(30)25-11-9-16-10-12-29(27-16)17-7-2-1-3-8-17/h1-8,10,12-13H,9,11H2,(H,25,30). The normalized spacial score (nSPS) is 11.5. The lowest BCUT2D eigenvalue weighted by Crippen LogP contribution is -2.25. The zero-order valence-electron chi connectivity index (χ0n) is 16.0. The van der Waals surface area contributed by atoms with E-state index in [0.717, 1.165) is 11.4 Å². The maximum absolute atomic E-state index is 12.6. The van der Waals surface area contributed by atoms with Crippen molar-refractivity contribution in [2.24, 2.45) is 0 Å². The Labute approximate surface area is 174 Å². The van der Waals surface area contributed by atoms with Gasteiger partial charge in [-0.3, -0.25) is 4.79 Å². The van der Waals surface area contributed by atoms with E-state index in [2.05, 4.69) is 25.1 Å². The van der Waals surface area contributed by atoms with E-state index in [-0.39, 0.29) is 22.9 Å². The highest BCUT2D eigenvalue weighted by Crippen LogP contribution is 2.29. The highest BCUT2D eigenvalue weighted by Gasteiger charge is 2.38. The molecule has 0 saturated heterocycles. The van der Waals surface area contributed by atoms with Crippen LogP contribution < -0.4 is 5.32 Å². The molecule has 0 unspecified atom stereocenters. The molecule has 4 aromatic rings. The van der Waals surface area contributed by atoms with Gasteiger partial charge < -0.3 is 9.84 Å². The second-order valence-corrected chi connectivity index (χ2v) is 6.59. The van der Waals surface area contributed by atoms with Crippen LogP contribution in [0.2, 0.25) is 0 Å². The molecule has 0 aliphatic carbocycles. The summed E-state index contributed by atoms with van der Waals surface area (Å²) >= 11 is 0. The molecule has 0 saturated carbocycles. The molecule has 0 spiro atoms. The molecule has 0 fully saturated rings. The number of benzene rings is 2. The van der Waals surface area contributed by atoms with Gasteiger partial charge in [-0.1, -0.05) is 35.5 Å². The van der Waals surface area contributed by atoms with Gasteiger partial charge in [-0.05, 0) is 30.3 Å². The Morgan fingerprint density at radius 1 is 1.06 bits per heavy atom. The number of amides is 1. The first-order valence-corrected chi connectivity index (χ1v) is 9.30. The summed E-state index contributed by atoms with van der Waals surface area (Å²) in [5.74, 6) is -2.05. The Bertz CT molecular complexity index is 1180. The van der Waals surface area contributed by atoms with E-state index >= 15 is 0 Å². The van der Waals surface area contributed by atoms with Gasteiger partial charge in [0, 0.05) is 30.3 Å². The highest BCUT2D eigenvalue weighted by atomic mass is 19.4. The Kier molecular flexibility index (Phi) is 5.52. The van der Waals surface area contributed by atoms with Crippen molar-refractivity contribution in [3.05, 3.63) is 84.0 Å². The first-order chi connectivity index (χ1) is 14.9. The van der Waals surface area contributed by atoms with E-state index in [1.165, 1.54) is 18.2 Å². The van der Waals surface area contributed by atoms with Crippen molar-refractivity contribution >= 4 is 5.91 Å². The monoisotopic (exact) mass is 427 g/mol. The van der Waals surface area contributed by atoms with Gasteiger partial charge in [-0.15, -0.1) is 0 Å². The SMILES string of the molecule is O=C(NCCc1ccn(-c2ccccc2)n1)c1cccc(-c2noc(C(F)(F)F)n2)c1. The van der Waals surface area contributed by atoms with Crippen LogP contribution >= 0.6 is 0 Å². The summed E-state index contributed by atoms with van der Waals surface area (Å²) in [4.78, 5) is 15.8. The van der Waals surface area contributed by atoms with E-state index in [4.69, 9.17) is 0 Å². The van der Waals surface area contributed by atoms with E-state index in [0.29, 0.717) is 13.0 Å². The molecule has 7 nitrogen and oxygen atoms in total. The summed E-state index contributed by atoms with van der Waals surface area (Å²) in [6.07, 6.45) is -2.37. The van der Waals surface area contributed by atoms with E-state index in [1.807, 2.05) is 42.6 Å². The zero-order valence-corrected chi connectivity index (χ0v) is 16.0. The fourth-order valence-electron chi connectivity index (χ4n) is 2.88. The molecule has 0 aliphatic heterocycles. The number of carbonyl (C=O) groups excluding carboxylic acids is 1. The maximum Gasteiger partial charge on any atom is 0.471 e. The van der Waals surface area contributed by atoms with Crippen LogP contribution in [0.15, 0.2) is 71.4 Å². The molecule has 0 atom stereocenters. The molecule has 2 aromatic heterocycles. The van der Waals surface area contributed by atoms with Crippen molar-refractivity contribution in [2.75, 3.05) is 6.54 Å². The second kappa shape index (κ2) is 8.42. The number of para-hydroxylation sites is 1. The van der Waals surface area contributed by atoms with Crippen LogP contribution in [0.4, 0.5) is 13.2 Å². The number of hydrogen-bond acceptors (Lipinski definition) is 5. The molecule has 0 bridgehead atoms. The van der Waals surface area contributed by atoms with Gasteiger partial charge in [0.15, 0.2) is 0 Å². The fraction of sp³-hybridized carbons (Fsp3) is 0.143. The average molecular weight is 427 g/mol. The smallest absolute Gasteiger partial charge is 0.352 e. The van der Waals surface area contributed by atoms with Crippen molar-refractivity contribution in [3.8, 4) is 17.1 Å². The first-order valence-electron chi connectivity index (χ1n) is 9.30. The summed E-state index contributed by atoms with van der Waals surface area (Å²) in [6.45, 7) is 0.343. The number of carbonyl (C=O) groups is 1. The number of nitrogens with one attached hydrogen (secondary N) is 1. The Balaban J connectivity index is 1.37. The Hall–Kier alpha value is -3.95. The van der Waals surface area contributed by atoms with Gasteiger partial charge in [0.2, 0.25) is 5.82 Å². The minimum Gasteiger partial charge on any atom is -0.352 e. The third-order valence-corrected chi connectivity index (χ3v) is 4.38. The molecule has 1 amide bonds. The second-order valence-electron chi connectivity index (χ2n) is 6.59. The van der Waals surface area contributed by atoms with Gasteiger partial charge in [0.05, 0.1) is 11.4 Å². The summed E-state index contributed by atoms with van der Waals surface area (Å²) < 4.78 is 43.9. The lowest BCUT2D eigenvalue weighted by molar-refractivity contribution is -0.159. The third kappa shape index (κ3) is 4.80. The number of rotatable bonds is 6. The minimum absolute atomic E-state index is 0.242. The molecular formula is C21H16F3N5O2. The largest absolute Gasteiger partial charge is 0.471 e. The van der Waals surface area contributed by atoms with Crippen LogP contribution in [0, 0.1) is 0 Å². The van der Waals surface area contributed by atoms with Crippen molar-refractivity contribution in [1.82, 2.24) is 25.2 Å². The minimum atomic E-state index is -4.73. The predicted octanol–water partition coefficient (Wildman–Crippen LogP) is 3.91. The lowest BCUT2D eigenvalue weighted by atomic mass is 10.1. The predicted molar refractivity (Wildman–Crippen MR) is 104 cm³/mol. The quantitative estimate of drug-likeness (QED) is 0.504. The summed E-state index contributed by atoms with van der Waals surface area (Å²) in [5.41, 5.74) is 2.26. The first kappa shape index (κ1) is 20.3. The van der Waals surface area contributed by atoms with Crippen LogP contribution in [0.3, 0.4) is 0 Å². The van der Waals surface area contributed by atoms with Crippen molar-refractivity contribution < 1.29 is 22.5 Å². The Morgan fingerprint density at radius 3 is 2.61 bits per heavy atom. The van der Waals surface area contributed by atoms with E-state index in [1.54, 1.807) is 10.7 Å². The van der Waals surface area contributed by atoms with Crippen LogP contribution in [-0.4, -0.2) is 32.4 Å². The molecule has 158 valence electrons. The Morgan fingerprint density at radius 2 is 1.87 bits per heavy atom. The van der Waals surface area contributed by atoms with Crippen LogP contribution in [0.25, 0.3) is 17.1 Å². The average Bonchev–Trinajstić information content (AvgIpc) is 3.44. The number of aromatic nitrogens is 4. The third-order valence-electron chi connectivity index (χ3n) is 4.38. The number of halogens is 3. The van der Waals surface area contributed by atoms with E-state index in [9.17, 15) is 18.0 Å². The van der Waals surface area contributed by atoms with Crippen molar-refractivity contribution in [1.29, 1.82) is 0 Å². The molecule has 31 heavy (non-hydrogen) atoms. The molecule has 4 rings (SSSR count). The van der Waals surface area contributed by atoms with Gasteiger partial charge in [-0.25, -0.2) is 4.68 Å². The summed E-state index contributed by atoms with van der Waals surface area (Å²) in [6, 6.07) is 17.5. The summed E-state index contributed by atoms with van der Waals surface area (Å²) in [5, 5.41) is 10.6. The summed E-state index contributed by atoms with van der Waals surface area (Å²) in [7, 11) is 0. The van der Waals surface area contributed by atoms with Crippen LogP contribution in [0.5, 0.6) is 0 Å². The molecule has 0 aliphatic rings. The molecular weight excluding hydrogens is 411 g/mol.